The van der Waals surface area contributed by atoms with Gasteiger partial charge in [-0.15, -0.1) is 11.8 Å². The number of aromatic nitrogens is 2. The van der Waals surface area contributed by atoms with Gasteiger partial charge in [0.15, 0.2) is 0 Å². The van der Waals surface area contributed by atoms with Gasteiger partial charge in [0.25, 0.3) is 5.91 Å². The molecular formula is C21H36N6O4S. The SMILES string of the molecule is CC.CSc1cnc(C(=O)NCCCCCC(=O)NC(C(=O)NCC(N)=O)C(C)C)cn1. The fourth-order valence-electron chi connectivity index (χ4n) is 2.48. The summed E-state index contributed by atoms with van der Waals surface area (Å²) in [6.07, 6.45) is 7.21. The number of primary amides is 1. The molecule has 1 rings (SSSR count). The largest absolute Gasteiger partial charge is 0.368 e. The summed E-state index contributed by atoms with van der Waals surface area (Å²) in [5.41, 5.74) is 5.28. The van der Waals surface area contributed by atoms with Crippen LogP contribution in [0.2, 0.25) is 0 Å². The Morgan fingerprint density at radius 1 is 1.03 bits per heavy atom. The average Bonchev–Trinajstić information content (AvgIpc) is 2.79. The topological polar surface area (TPSA) is 156 Å². The third kappa shape index (κ3) is 12.2. The first kappa shape index (κ1) is 29.3. The normalized spacial score (nSPS) is 11.1. The zero-order valence-corrected chi connectivity index (χ0v) is 20.4. The summed E-state index contributed by atoms with van der Waals surface area (Å²) in [6.45, 7) is 7.81. The van der Waals surface area contributed by atoms with E-state index in [1.165, 1.54) is 18.0 Å². The van der Waals surface area contributed by atoms with Gasteiger partial charge in [-0.1, -0.05) is 34.1 Å². The van der Waals surface area contributed by atoms with Crippen LogP contribution in [-0.2, 0) is 14.4 Å². The van der Waals surface area contributed by atoms with Crippen LogP contribution in [0.5, 0.6) is 0 Å². The van der Waals surface area contributed by atoms with Crippen LogP contribution in [0.4, 0.5) is 0 Å². The molecule has 4 amide bonds. The predicted octanol–water partition coefficient (Wildman–Crippen LogP) is 1.26. The molecule has 1 aromatic rings. The minimum absolute atomic E-state index is 0.134. The van der Waals surface area contributed by atoms with Gasteiger partial charge in [-0.05, 0) is 25.0 Å². The van der Waals surface area contributed by atoms with Gasteiger partial charge in [0.2, 0.25) is 17.7 Å². The molecule has 0 bridgehead atoms. The Labute approximate surface area is 194 Å². The van der Waals surface area contributed by atoms with Gasteiger partial charge in [0, 0.05) is 13.0 Å². The van der Waals surface area contributed by atoms with E-state index in [1.807, 2.05) is 20.1 Å². The second-order valence-electron chi connectivity index (χ2n) is 6.98. The van der Waals surface area contributed by atoms with Gasteiger partial charge in [-0.3, -0.25) is 19.2 Å². The lowest BCUT2D eigenvalue weighted by atomic mass is 10.0. The maximum absolute atomic E-state index is 12.1. The molecule has 1 unspecified atom stereocenters. The van der Waals surface area contributed by atoms with Crippen molar-refractivity contribution in [2.75, 3.05) is 19.3 Å². The molecule has 32 heavy (non-hydrogen) atoms. The van der Waals surface area contributed by atoms with Crippen molar-refractivity contribution in [3.05, 3.63) is 18.1 Å². The highest BCUT2D eigenvalue weighted by atomic mass is 32.2. The van der Waals surface area contributed by atoms with Crippen LogP contribution in [0.3, 0.4) is 0 Å². The second kappa shape index (κ2) is 16.9. The monoisotopic (exact) mass is 468 g/mol. The van der Waals surface area contributed by atoms with Crippen LogP contribution < -0.4 is 21.7 Å². The standard InChI is InChI=1S/C19H30N6O4S.C2H6/c1-12(2)17(19(29)24-10-14(20)26)25-15(27)7-5-4-6-8-21-18(28)13-9-23-16(30-3)11-22-13;1-2/h9,11-12,17H,4-8,10H2,1-3H3,(H2,20,26)(H,21,28)(H,24,29)(H,25,27);1-2H3. The number of rotatable bonds is 13. The maximum Gasteiger partial charge on any atom is 0.271 e. The molecule has 11 heteroatoms. The maximum atomic E-state index is 12.1. The molecule has 0 saturated heterocycles. The second-order valence-corrected chi connectivity index (χ2v) is 7.81. The van der Waals surface area contributed by atoms with Crippen molar-refractivity contribution < 1.29 is 19.2 Å². The lowest BCUT2D eigenvalue weighted by molar-refractivity contribution is -0.131. The molecule has 0 aliphatic carbocycles. The Hall–Kier alpha value is -2.69. The molecule has 0 fully saturated rings. The molecule has 180 valence electrons. The number of hydrogen-bond acceptors (Lipinski definition) is 7. The van der Waals surface area contributed by atoms with Gasteiger partial charge >= 0.3 is 0 Å². The smallest absolute Gasteiger partial charge is 0.271 e. The number of thioether (sulfide) groups is 1. The minimum Gasteiger partial charge on any atom is -0.368 e. The Bertz CT molecular complexity index is 728. The molecule has 1 heterocycles. The zero-order chi connectivity index (χ0) is 24.5. The van der Waals surface area contributed by atoms with Crippen molar-refractivity contribution in [2.24, 2.45) is 11.7 Å². The number of carbonyl (C=O) groups is 4. The number of hydrogen-bond donors (Lipinski definition) is 4. The van der Waals surface area contributed by atoms with E-state index in [0.717, 1.165) is 11.4 Å². The van der Waals surface area contributed by atoms with Crippen molar-refractivity contribution in [2.45, 2.75) is 64.4 Å². The summed E-state index contributed by atoms with van der Waals surface area (Å²) >= 11 is 1.45. The lowest BCUT2D eigenvalue weighted by Crippen LogP contribution is -2.51. The number of carbonyl (C=O) groups excluding carboxylic acids is 4. The molecule has 0 spiro atoms. The molecule has 0 aliphatic heterocycles. The first-order valence-corrected chi connectivity index (χ1v) is 12.0. The minimum atomic E-state index is -0.727. The molecule has 10 nitrogen and oxygen atoms in total. The Kier molecular flexibility index (Phi) is 15.5. The summed E-state index contributed by atoms with van der Waals surface area (Å²) in [4.78, 5) is 55.1. The van der Waals surface area contributed by atoms with E-state index < -0.39 is 17.9 Å². The molecular weight excluding hydrogens is 432 g/mol. The average molecular weight is 469 g/mol. The van der Waals surface area contributed by atoms with Crippen LogP contribution in [0.1, 0.15) is 63.9 Å². The highest BCUT2D eigenvalue weighted by Crippen LogP contribution is 2.08. The van der Waals surface area contributed by atoms with Crippen molar-refractivity contribution in [1.82, 2.24) is 25.9 Å². The highest BCUT2D eigenvalue weighted by Gasteiger charge is 2.23. The van der Waals surface area contributed by atoms with Crippen molar-refractivity contribution >= 4 is 35.4 Å². The van der Waals surface area contributed by atoms with E-state index in [-0.39, 0.29) is 36.4 Å². The van der Waals surface area contributed by atoms with Crippen molar-refractivity contribution in [1.29, 1.82) is 0 Å². The zero-order valence-electron chi connectivity index (χ0n) is 19.6. The molecule has 1 aromatic heterocycles. The van der Waals surface area contributed by atoms with E-state index in [4.69, 9.17) is 5.73 Å². The molecule has 0 saturated carbocycles. The predicted molar refractivity (Wildman–Crippen MR) is 125 cm³/mol. The summed E-state index contributed by atoms with van der Waals surface area (Å²) in [6, 6.07) is -0.727. The fraction of sp³-hybridized carbons (Fsp3) is 0.619. The third-order valence-corrected chi connectivity index (χ3v) is 4.77. The Morgan fingerprint density at radius 3 is 2.25 bits per heavy atom. The molecule has 5 N–H and O–H groups in total. The van der Waals surface area contributed by atoms with E-state index in [9.17, 15) is 19.2 Å². The van der Waals surface area contributed by atoms with Crippen LogP contribution in [-0.4, -0.2) is 59.0 Å². The number of amides is 4. The molecule has 0 aliphatic rings. The molecule has 1 atom stereocenters. The van der Waals surface area contributed by atoms with Crippen molar-refractivity contribution in [3.63, 3.8) is 0 Å². The van der Waals surface area contributed by atoms with E-state index in [0.29, 0.717) is 19.4 Å². The van der Waals surface area contributed by atoms with E-state index in [2.05, 4.69) is 25.9 Å². The summed E-state index contributed by atoms with van der Waals surface area (Å²) in [5.74, 6) is -1.74. The third-order valence-electron chi connectivity index (χ3n) is 4.14. The van der Waals surface area contributed by atoms with E-state index in [1.54, 1.807) is 20.0 Å². The van der Waals surface area contributed by atoms with Gasteiger partial charge in [-0.25, -0.2) is 9.97 Å². The highest BCUT2D eigenvalue weighted by molar-refractivity contribution is 7.98. The summed E-state index contributed by atoms with van der Waals surface area (Å²) in [5, 5.41) is 8.61. The Balaban J connectivity index is 0.00000466. The van der Waals surface area contributed by atoms with Crippen molar-refractivity contribution in [3.8, 4) is 0 Å². The van der Waals surface area contributed by atoms with Gasteiger partial charge < -0.3 is 21.7 Å². The van der Waals surface area contributed by atoms with Gasteiger partial charge in [0.1, 0.15) is 16.8 Å². The lowest BCUT2D eigenvalue weighted by Gasteiger charge is -2.21. The van der Waals surface area contributed by atoms with Crippen LogP contribution in [0, 0.1) is 5.92 Å². The van der Waals surface area contributed by atoms with Crippen LogP contribution in [0.15, 0.2) is 17.4 Å². The van der Waals surface area contributed by atoms with Gasteiger partial charge in [-0.2, -0.15) is 0 Å². The fourth-order valence-corrected chi connectivity index (χ4v) is 2.80. The molecule has 0 aromatic carbocycles. The number of nitrogens with two attached hydrogens (primary N) is 1. The number of nitrogens with one attached hydrogen (secondary N) is 3. The summed E-state index contributed by atoms with van der Waals surface area (Å²) < 4.78 is 0. The van der Waals surface area contributed by atoms with Gasteiger partial charge in [0.05, 0.1) is 18.9 Å². The summed E-state index contributed by atoms with van der Waals surface area (Å²) in [7, 11) is 0. The number of unbranched alkanes of at least 4 members (excludes halogenated alkanes) is 2. The Morgan fingerprint density at radius 2 is 1.72 bits per heavy atom. The molecule has 0 radical (unpaired) electrons. The number of nitrogens with zero attached hydrogens (tertiary/aromatic N) is 2. The first-order chi connectivity index (χ1) is 15.2. The van der Waals surface area contributed by atoms with Crippen LogP contribution in [0.25, 0.3) is 0 Å². The quantitative estimate of drug-likeness (QED) is 0.251. The van der Waals surface area contributed by atoms with Crippen LogP contribution >= 0.6 is 11.8 Å². The first-order valence-electron chi connectivity index (χ1n) is 10.7. The van der Waals surface area contributed by atoms with E-state index >= 15 is 0 Å².